The molecule has 12 heteroatoms. The Morgan fingerprint density at radius 3 is 2.80 bits per heavy atom. The number of halogens is 1. The Morgan fingerprint density at radius 1 is 1.23 bits per heavy atom. The normalized spacial score (nSPS) is 14.8. The number of methoxy groups -OCH3 is 1. The average Bonchev–Trinajstić information content (AvgIpc) is 3.41. The number of nitrogens with one attached hydrogen (secondary N) is 4. The Balaban J connectivity index is 1.46. The first-order valence-corrected chi connectivity index (χ1v) is 13.0. The van der Waals surface area contributed by atoms with Gasteiger partial charge >= 0.3 is 0 Å². The number of hydrogen-bond donors (Lipinski definition) is 4. The maximum absolute atomic E-state index is 12.2. The summed E-state index contributed by atoms with van der Waals surface area (Å²) in [5, 5.41) is 17.5. The quantitative estimate of drug-likeness (QED) is 0.213. The molecule has 2 aromatic heterocycles. The summed E-state index contributed by atoms with van der Waals surface area (Å²) >= 11 is 6.48. The lowest BCUT2D eigenvalue weighted by molar-refractivity contribution is -0.111. The minimum Gasteiger partial charge on any atom is -0.495 e. The van der Waals surface area contributed by atoms with E-state index in [1.54, 1.807) is 17.9 Å². The topological polar surface area (TPSA) is 127 Å². The molecule has 0 radical (unpaired) electrons. The molecular weight excluding hydrogens is 532 g/mol. The molecule has 1 atom stereocenters. The van der Waals surface area contributed by atoms with E-state index in [4.69, 9.17) is 21.1 Å². The Bertz CT molecular complexity index is 1530. The van der Waals surface area contributed by atoms with Crippen molar-refractivity contribution in [1.82, 2.24) is 25.1 Å². The van der Waals surface area contributed by atoms with Gasteiger partial charge in [0.15, 0.2) is 5.82 Å². The number of morpholine rings is 1. The van der Waals surface area contributed by atoms with Crippen molar-refractivity contribution < 1.29 is 14.3 Å². The number of ether oxygens (including phenoxy) is 2. The Kier molecular flexibility index (Phi) is 8.25. The molecule has 0 bridgehead atoms. The fraction of sp³-hybridized carbons (Fsp3) is 0.214. The zero-order valence-corrected chi connectivity index (χ0v) is 22.8. The van der Waals surface area contributed by atoms with Crippen molar-refractivity contribution in [2.45, 2.75) is 6.10 Å². The summed E-state index contributed by atoms with van der Waals surface area (Å²) in [5.74, 6) is 0.848. The van der Waals surface area contributed by atoms with Crippen molar-refractivity contribution in [2.75, 3.05) is 42.8 Å². The molecule has 1 unspecified atom stereocenters. The van der Waals surface area contributed by atoms with E-state index in [0.29, 0.717) is 41.1 Å². The van der Waals surface area contributed by atoms with Crippen LogP contribution in [-0.2, 0) is 16.6 Å². The summed E-state index contributed by atoms with van der Waals surface area (Å²) in [7, 11) is 3.43. The standard InChI is InChI=1S/C28H29ClN8O3/c1-4-26(38)32-22-14-23(24(39-3)13-18(22)25-16-30-10-12-40-25)34-28-31-15-19(29)27(35-28)33-20-8-6-5-7-17(20)21-9-11-37(2)36-21/h4-9,11,13-15,25,30H,1,10,12,16H2,2-3H3,(H,32,38)(H2,31,33,34,35). The van der Waals surface area contributed by atoms with E-state index in [1.807, 2.05) is 49.6 Å². The van der Waals surface area contributed by atoms with Crippen LogP contribution in [0.1, 0.15) is 11.7 Å². The van der Waals surface area contributed by atoms with Crippen LogP contribution in [0.15, 0.2) is 67.5 Å². The van der Waals surface area contributed by atoms with Gasteiger partial charge in [0.25, 0.3) is 0 Å². The Morgan fingerprint density at radius 2 is 2.08 bits per heavy atom. The predicted molar refractivity (Wildman–Crippen MR) is 156 cm³/mol. The molecule has 1 aliphatic rings. The highest BCUT2D eigenvalue weighted by Crippen LogP contribution is 2.38. The van der Waals surface area contributed by atoms with Crippen LogP contribution in [0.5, 0.6) is 5.75 Å². The number of carbonyl (C=O) groups is 1. The van der Waals surface area contributed by atoms with E-state index in [1.165, 1.54) is 12.3 Å². The molecule has 4 N–H and O–H groups in total. The molecule has 2 aromatic carbocycles. The highest BCUT2D eigenvalue weighted by Gasteiger charge is 2.23. The van der Waals surface area contributed by atoms with Gasteiger partial charge < -0.3 is 30.7 Å². The van der Waals surface area contributed by atoms with E-state index in [2.05, 4.69) is 42.9 Å². The predicted octanol–water partition coefficient (Wildman–Crippen LogP) is 4.81. The minimum absolute atomic E-state index is 0.265. The first-order valence-electron chi connectivity index (χ1n) is 12.6. The lowest BCUT2D eigenvalue weighted by Gasteiger charge is -2.27. The van der Waals surface area contributed by atoms with Gasteiger partial charge in [0.05, 0.1) is 37.4 Å². The molecule has 1 amide bonds. The lowest BCUT2D eigenvalue weighted by atomic mass is 10.0. The zero-order valence-electron chi connectivity index (χ0n) is 22.1. The third kappa shape index (κ3) is 6.07. The van der Waals surface area contributed by atoms with Crippen LogP contribution in [0.4, 0.5) is 28.8 Å². The number of hydrogen-bond acceptors (Lipinski definition) is 9. The molecule has 0 spiro atoms. The molecule has 1 fully saturated rings. The second kappa shape index (κ2) is 12.2. The molecule has 3 heterocycles. The number of benzene rings is 2. The van der Waals surface area contributed by atoms with Gasteiger partial charge in [-0.2, -0.15) is 10.1 Å². The maximum atomic E-state index is 12.2. The van der Waals surface area contributed by atoms with E-state index in [0.717, 1.165) is 29.1 Å². The van der Waals surface area contributed by atoms with Gasteiger partial charge in [-0.3, -0.25) is 9.48 Å². The second-order valence-corrected chi connectivity index (χ2v) is 9.36. The van der Waals surface area contributed by atoms with Crippen molar-refractivity contribution in [3.63, 3.8) is 0 Å². The lowest BCUT2D eigenvalue weighted by Crippen LogP contribution is -2.33. The maximum Gasteiger partial charge on any atom is 0.247 e. The van der Waals surface area contributed by atoms with Crippen molar-refractivity contribution in [2.24, 2.45) is 7.05 Å². The number of carbonyl (C=O) groups excluding carboxylic acids is 1. The molecule has 0 aliphatic carbocycles. The third-order valence-corrected chi connectivity index (χ3v) is 6.53. The van der Waals surface area contributed by atoms with Crippen molar-refractivity contribution in [3.05, 3.63) is 78.1 Å². The van der Waals surface area contributed by atoms with Gasteiger partial charge in [0, 0.05) is 48.8 Å². The number of nitrogens with zero attached hydrogens (tertiary/aromatic N) is 4. The molecule has 5 rings (SSSR count). The van der Waals surface area contributed by atoms with Gasteiger partial charge in [-0.15, -0.1) is 0 Å². The van der Waals surface area contributed by atoms with Crippen LogP contribution < -0.4 is 26.0 Å². The van der Waals surface area contributed by atoms with Crippen molar-refractivity contribution in [1.29, 1.82) is 0 Å². The minimum atomic E-state index is -0.345. The number of aryl methyl sites for hydroxylation is 1. The van der Waals surface area contributed by atoms with E-state index >= 15 is 0 Å². The van der Waals surface area contributed by atoms with Crippen LogP contribution in [-0.4, -0.2) is 52.5 Å². The van der Waals surface area contributed by atoms with Crippen molar-refractivity contribution in [3.8, 4) is 17.0 Å². The summed E-state index contributed by atoms with van der Waals surface area (Å²) < 4.78 is 13.4. The SMILES string of the molecule is C=CC(=O)Nc1cc(Nc2ncc(Cl)c(Nc3ccccc3-c3ccn(C)n3)n2)c(OC)cc1C1CNCCO1. The highest BCUT2D eigenvalue weighted by atomic mass is 35.5. The average molecular weight is 561 g/mol. The number of amides is 1. The molecule has 0 saturated carbocycles. The van der Waals surface area contributed by atoms with Gasteiger partial charge in [-0.1, -0.05) is 36.4 Å². The van der Waals surface area contributed by atoms with E-state index in [-0.39, 0.29) is 18.0 Å². The third-order valence-electron chi connectivity index (χ3n) is 6.25. The smallest absolute Gasteiger partial charge is 0.247 e. The molecule has 11 nitrogen and oxygen atoms in total. The Hall–Kier alpha value is -4.45. The van der Waals surface area contributed by atoms with Crippen molar-refractivity contribution >= 4 is 46.3 Å². The number of aromatic nitrogens is 4. The fourth-order valence-corrected chi connectivity index (χ4v) is 4.46. The molecular formula is C28H29ClN8O3. The summed E-state index contributed by atoms with van der Waals surface area (Å²) in [6.07, 6.45) is 4.33. The summed E-state index contributed by atoms with van der Waals surface area (Å²) in [4.78, 5) is 21.2. The summed E-state index contributed by atoms with van der Waals surface area (Å²) in [6, 6.07) is 13.3. The Labute approximate surface area is 236 Å². The summed E-state index contributed by atoms with van der Waals surface area (Å²) in [5.41, 5.74) is 4.35. The van der Waals surface area contributed by atoms with Crippen LogP contribution in [0.25, 0.3) is 11.3 Å². The van der Waals surface area contributed by atoms with Crippen LogP contribution in [0.2, 0.25) is 5.02 Å². The second-order valence-electron chi connectivity index (χ2n) is 8.96. The fourth-order valence-electron chi connectivity index (χ4n) is 4.32. The molecule has 40 heavy (non-hydrogen) atoms. The first-order chi connectivity index (χ1) is 19.4. The highest BCUT2D eigenvalue weighted by molar-refractivity contribution is 6.33. The monoisotopic (exact) mass is 560 g/mol. The van der Waals surface area contributed by atoms with Gasteiger partial charge in [0.1, 0.15) is 10.8 Å². The van der Waals surface area contributed by atoms with Crippen LogP contribution >= 0.6 is 11.6 Å². The first kappa shape index (κ1) is 27.1. The molecule has 1 aliphatic heterocycles. The van der Waals surface area contributed by atoms with Gasteiger partial charge in [-0.25, -0.2) is 4.98 Å². The van der Waals surface area contributed by atoms with Gasteiger partial charge in [0.2, 0.25) is 11.9 Å². The largest absolute Gasteiger partial charge is 0.495 e. The molecule has 1 saturated heterocycles. The van der Waals surface area contributed by atoms with E-state index in [9.17, 15) is 4.79 Å². The van der Waals surface area contributed by atoms with E-state index < -0.39 is 0 Å². The van der Waals surface area contributed by atoms with Crippen LogP contribution in [0, 0.1) is 0 Å². The molecule has 206 valence electrons. The number of anilines is 5. The van der Waals surface area contributed by atoms with Crippen LogP contribution in [0.3, 0.4) is 0 Å². The number of rotatable bonds is 9. The summed E-state index contributed by atoms with van der Waals surface area (Å²) in [6.45, 7) is 5.48. The van der Waals surface area contributed by atoms with Gasteiger partial charge in [-0.05, 0) is 30.3 Å². The zero-order chi connectivity index (χ0) is 28.1. The molecule has 4 aromatic rings. The number of para-hydroxylation sites is 1.